The number of nitrogen functional groups attached to an aromatic ring is 1. The van der Waals surface area contributed by atoms with E-state index in [1.807, 2.05) is 0 Å². The van der Waals surface area contributed by atoms with Crippen molar-refractivity contribution in [3.63, 3.8) is 0 Å². The van der Waals surface area contributed by atoms with E-state index in [9.17, 15) is 0 Å². The van der Waals surface area contributed by atoms with Gasteiger partial charge in [-0.15, -0.1) is 0 Å². The molecule has 0 saturated carbocycles. The molecule has 0 fully saturated rings. The first-order chi connectivity index (χ1) is 9.02. The van der Waals surface area contributed by atoms with E-state index in [2.05, 4.69) is 49.2 Å². The number of aromatic nitrogens is 3. The van der Waals surface area contributed by atoms with Crippen LogP contribution in [0.3, 0.4) is 0 Å². The predicted molar refractivity (Wildman–Crippen MR) is 80.3 cm³/mol. The standard InChI is InChI=1S/C15H24N4/c1-6-15(7-2,8-3)19-11(5)10(4)12-13(16)17-9-18-14(12)19/h9H,6-8H2,1-5H3,(H2,16,17,18). The number of aryl methyl sites for hydroxylation is 1. The van der Waals surface area contributed by atoms with Gasteiger partial charge in [0.2, 0.25) is 0 Å². The molecule has 0 radical (unpaired) electrons. The zero-order chi connectivity index (χ0) is 14.2. The van der Waals surface area contributed by atoms with Crippen LogP contribution in [0.2, 0.25) is 0 Å². The Balaban J connectivity index is 2.88. The lowest BCUT2D eigenvalue weighted by Gasteiger charge is -2.34. The molecule has 2 aromatic rings. The van der Waals surface area contributed by atoms with E-state index >= 15 is 0 Å². The van der Waals surface area contributed by atoms with Crippen molar-refractivity contribution in [1.29, 1.82) is 0 Å². The minimum atomic E-state index is 0.122. The Kier molecular flexibility index (Phi) is 3.52. The Morgan fingerprint density at radius 2 is 1.68 bits per heavy atom. The maximum atomic E-state index is 6.04. The fourth-order valence-electron chi connectivity index (χ4n) is 3.23. The maximum Gasteiger partial charge on any atom is 0.146 e. The molecule has 4 heteroatoms. The molecule has 0 aliphatic carbocycles. The van der Waals surface area contributed by atoms with Gasteiger partial charge in [-0.2, -0.15) is 0 Å². The fraction of sp³-hybridized carbons (Fsp3) is 0.600. The van der Waals surface area contributed by atoms with Gasteiger partial charge in [0.1, 0.15) is 17.8 Å². The molecular formula is C15H24N4. The van der Waals surface area contributed by atoms with Crippen molar-refractivity contribution < 1.29 is 0 Å². The Hall–Kier alpha value is -1.58. The van der Waals surface area contributed by atoms with Crippen molar-refractivity contribution in [2.45, 2.75) is 59.4 Å². The second-order valence-corrected chi connectivity index (χ2v) is 5.29. The van der Waals surface area contributed by atoms with Crippen LogP contribution in [0.4, 0.5) is 5.82 Å². The van der Waals surface area contributed by atoms with Crippen molar-refractivity contribution in [2.75, 3.05) is 5.73 Å². The largest absolute Gasteiger partial charge is 0.383 e. The van der Waals surface area contributed by atoms with E-state index < -0.39 is 0 Å². The number of hydrogen-bond donors (Lipinski definition) is 1. The minimum Gasteiger partial charge on any atom is -0.383 e. The Bertz CT molecular complexity index is 585. The van der Waals surface area contributed by atoms with E-state index in [-0.39, 0.29) is 5.54 Å². The van der Waals surface area contributed by atoms with Gasteiger partial charge in [0.25, 0.3) is 0 Å². The normalized spacial score (nSPS) is 12.3. The van der Waals surface area contributed by atoms with Crippen LogP contribution in [-0.4, -0.2) is 14.5 Å². The second-order valence-electron chi connectivity index (χ2n) is 5.29. The summed E-state index contributed by atoms with van der Waals surface area (Å²) >= 11 is 0. The summed E-state index contributed by atoms with van der Waals surface area (Å²) in [5.41, 5.74) is 9.60. The van der Waals surface area contributed by atoms with Crippen LogP contribution in [-0.2, 0) is 5.54 Å². The summed E-state index contributed by atoms with van der Waals surface area (Å²) in [4.78, 5) is 8.64. The topological polar surface area (TPSA) is 56.7 Å². The Labute approximate surface area is 115 Å². The van der Waals surface area contributed by atoms with Crippen LogP contribution in [0, 0.1) is 13.8 Å². The van der Waals surface area contributed by atoms with Gasteiger partial charge in [-0.25, -0.2) is 9.97 Å². The third-order valence-electron chi connectivity index (χ3n) is 4.77. The lowest BCUT2D eigenvalue weighted by molar-refractivity contribution is 0.253. The third-order valence-corrected chi connectivity index (χ3v) is 4.77. The van der Waals surface area contributed by atoms with E-state index in [1.54, 1.807) is 6.33 Å². The highest BCUT2D eigenvalue weighted by atomic mass is 15.1. The highest BCUT2D eigenvalue weighted by Crippen LogP contribution is 2.37. The van der Waals surface area contributed by atoms with Crippen LogP contribution in [0.25, 0.3) is 11.0 Å². The van der Waals surface area contributed by atoms with Gasteiger partial charge in [0.05, 0.1) is 5.39 Å². The summed E-state index contributed by atoms with van der Waals surface area (Å²) in [6.45, 7) is 11.0. The van der Waals surface area contributed by atoms with Gasteiger partial charge < -0.3 is 10.3 Å². The van der Waals surface area contributed by atoms with Gasteiger partial charge in [0, 0.05) is 11.2 Å². The molecule has 0 saturated heterocycles. The van der Waals surface area contributed by atoms with Gasteiger partial charge in [-0.3, -0.25) is 0 Å². The molecule has 19 heavy (non-hydrogen) atoms. The molecule has 0 aliphatic rings. The number of nitrogens with zero attached hydrogens (tertiary/aromatic N) is 3. The van der Waals surface area contributed by atoms with E-state index in [1.165, 1.54) is 11.3 Å². The first kappa shape index (κ1) is 13.8. The lowest BCUT2D eigenvalue weighted by Crippen LogP contribution is -2.32. The molecule has 0 aliphatic heterocycles. The summed E-state index contributed by atoms with van der Waals surface area (Å²) in [6.07, 6.45) is 4.84. The average molecular weight is 260 g/mol. The molecule has 104 valence electrons. The number of hydrogen-bond acceptors (Lipinski definition) is 3. The maximum absolute atomic E-state index is 6.04. The van der Waals surface area contributed by atoms with E-state index in [0.29, 0.717) is 5.82 Å². The summed E-state index contributed by atoms with van der Waals surface area (Å²) in [6, 6.07) is 0. The van der Waals surface area contributed by atoms with Crippen molar-refractivity contribution >= 4 is 16.9 Å². The second kappa shape index (κ2) is 4.83. The van der Waals surface area contributed by atoms with Crippen LogP contribution in [0.1, 0.15) is 51.3 Å². The monoisotopic (exact) mass is 260 g/mol. The van der Waals surface area contributed by atoms with Crippen molar-refractivity contribution in [1.82, 2.24) is 14.5 Å². The molecule has 2 aromatic heterocycles. The van der Waals surface area contributed by atoms with E-state index in [4.69, 9.17) is 5.73 Å². The molecule has 0 amide bonds. The van der Waals surface area contributed by atoms with Crippen molar-refractivity contribution in [3.05, 3.63) is 17.6 Å². The van der Waals surface area contributed by atoms with Gasteiger partial charge in [0.15, 0.2) is 0 Å². The lowest BCUT2D eigenvalue weighted by atomic mass is 9.89. The zero-order valence-electron chi connectivity index (χ0n) is 12.6. The number of anilines is 1. The summed E-state index contributed by atoms with van der Waals surface area (Å²) < 4.78 is 2.38. The summed E-state index contributed by atoms with van der Waals surface area (Å²) in [5, 5.41) is 1.01. The predicted octanol–water partition coefficient (Wildman–Crippen LogP) is 3.56. The molecule has 0 spiro atoms. The van der Waals surface area contributed by atoms with Gasteiger partial charge in [-0.1, -0.05) is 20.8 Å². The average Bonchev–Trinajstić information content (AvgIpc) is 2.68. The smallest absolute Gasteiger partial charge is 0.146 e. The number of rotatable bonds is 4. The molecule has 2 heterocycles. The molecule has 0 unspecified atom stereocenters. The zero-order valence-corrected chi connectivity index (χ0v) is 12.6. The van der Waals surface area contributed by atoms with Crippen LogP contribution in [0.5, 0.6) is 0 Å². The van der Waals surface area contributed by atoms with Gasteiger partial charge in [-0.05, 0) is 38.7 Å². The molecule has 0 aromatic carbocycles. The van der Waals surface area contributed by atoms with Gasteiger partial charge >= 0.3 is 0 Å². The van der Waals surface area contributed by atoms with Crippen molar-refractivity contribution in [3.8, 4) is 0 Å². The quantitative estimate of drug-likeness (QED) is 0.914. The van der Waals surface area contributed by atoms with Crippen LogP contribution >= 0.6 is 0 Å². The summed E-state index contributed by atoms with van der Waals surface area (Å²) in [5.74, 6) is 0.585. The first-order valence-electron chi connectivity index (χ1n) is 7.11. The van der Waals surface area contributed by atoms with Crippen molar-refractivity contribution in [2.24, 2.45) is 0 Å². The fourth-order valence-corrected chi connectivity index (χ4v) is 3.23. The minimum absolute atomic E-state index is 0.122. The molecular weight excluding hydrogens is 236 g/mol. The highest BCUT2D eigenvalue weighted by Gasteiger charge is 2.31. The number of nitrogens with two attached hydrogens (primary N) is 1. The Morgan fingerprint density at radius 1 is 1.11 bits per heavy atom. The van der Waals surface area contributed by atoms with E-state index in [0.717, 1.165) is 30.3 Å². The highest BCUT2D eigenvalue weighted by molar-refractivity contribution is 5.91. The SMILES string of the molecule is CCC(CC)(CC)n1c(C)c(C)c2c(N)ncnc21. The molecule has 2 N–H and O–H groups in total. The summed E-state index contributed by atoms with van der Waals surface area (Å²) in [7, 11) is 0. The molecule has 0 bridgehead atoms. The molecule has 4 nitrogen and oxygen atoms in total. The Morgan fingerprint density at radius 3 is 2.21 bits per heavy atom. The first-order valence-corrected chi connectivity index (χ1v) is 7.11. The third kappa shape index (κ3) is 1.81. The van der Waals surface area contributed by atoms with Crippen LogP contribution < -0.4 is 5.73 Å². The van der Waals surface area contributed by atoms with Crippen LogP contribution in [0.15, 0.2) is 6.33 Å². The molecule has 2 rings (SSSR count). The molecule has 0 atom stereocenters. The number of fused-ring (bicyclic) bond motifs is 1.